The highest BCUT2D eigenvalue weighted by atomic mass is 127. The van der Waals surface area contributed by atoms with Crippen LogP contribution in [0.15, 0.2) is 48.5 Å². The number of para-hydroxylation sites is 1. The van der Waals surface area contributed by atoms with Crippen molar-refractivity contribution in [1.82, 2.24) is 0 Å². The normalized spacial score (nSPS) is 12.2. The maximum Gasteiger partial charge on any atom is 0.124 e. The highest BCUT2D eigenvalue weighted by Gasteiger charge is 2.13. The number of halogens is 1. The minimum Gasteiger partial charge on any atom is -0.493 e. The number of rotatable bonds is 5. The molecule has 1 unspecified atom stereocenters. The van der Waals surface area contributed by atoms with Gasteiger partial charge in [0.2, 0.25) is 0 Å². The molecule has 0 radical (unpaired) electrons. The molecule has 2 rings (SSSR count). The molecule has 100 valence electrons. The van der Waals surface area contributed by atoms with E-state index in [1.807, 2.05) is 24.3 Å². The Labute approximate surface area is 128 Å². The summed E-state index contributed by atoms with van der Waals surface area (Å²) in [5.41, 5.74) is 8.50. The van der Waals surface area contributed by atoms with Crippen LogP contribution in [0.1, 0.15) is 30.5 Å². The summed E-state index contributed by atoms with van der Waals surface area (Å²) < 4.78 is 6.98. The third-order valence-electron chi connectivity index (χ3n) is 2.94. The fraction of sp³-hybridized carbons (Fsp3) is 0.250. The molecule has 0 amide bonds. The topological polar surface area (TPSA) is 35.2 Å². The molecule has 3 heteroatoms. The van der Waals surface area contributed by atoms with E-state index >= 15 is 0 Å². The molecule has 2 nitrogen and oxygen atoms in total. The van der Waals surface area contributed by atoms with Crippen LogP contribution >= 0.6 is 22.6 Å². The van der Waals surface area contributed by atoms with Crippen molar-refractivity contribution < 1.29 is 4.74 Å². The molecule has 0 aromatic heterocycles. The Bertz CT molecular complexity index is 525. The van der Waals surface area contributed by atoms with Crippen LogP contribution in [-0.2, 0) is 0 Å². The lowest BCUT2D eigenvalue weighted by atomic mass is 9.99. The third kappa shape index (κ3) is 3.70. The average Bonchev–Trinajstić information content (AvgIpc) is 2.45. The summed E-state index contributed by atoms with van der Waals surface area (Å²) in [6, 6.07) is 16.1. The van der Waals surface area contributed by atoms with Crippen LogP contribution in [0.4, 0.5) is 0 Å². The van der Waals surface area contributed by atoms with Crippen molar-refractivity contribution in [1.29, 1.82) is 0 Å². The fourth-order valence-corrected chi connectivity index (χ4v) is 2.29. The molecular formula is C16H18INO. The molecule has 0 aliphatic rings. The van der Waals surface area contributed by atoms with Gasteiger partial charge >= 0.3 is 0 Å². The second kappa shape index (κ2) is 6.91. The minimum atomic E-state index is -0.148. The Morgan fingerprint density at radius 3 is 2.47 bits per heavy atom. The van der Waals surface area contributed by atoms with Gasteiger partial charge in [0.25, 0.3) is 0 Å². The summed E-state index contributed by atoms with van der Waals surface area (Å²) in [4.78, 5) is 0. The third-order valence-corrected chi connectivity index (χ3v) is 3.66. The summed E-state index contributed by atoms with van der Waals surface area (Å²) in [5, 5.41) is 0. The maximum atomic E-state index is 6.36. The van der Waals surface area contributed by atoms with Crippen molar-refractivity contribution >= 4 is 22.6 Å². The second-order valence-corrected chi connectivity index (χ2v) is 5.66. The number of hydrogen-bond donors (Lipinski definition) is 1. The van der Waals surface area contributed by atoms with E-state index in [1.54, 1.807) is 0 Å². The smallest absolute Gasteiger partial charge is 0.124 e. The standard InChI is InChI=1S/C16H18INO/c1-2-11-19-15-6-4-3-5-14(15)16(18)12-7-9-13(17)10-8-12/h3-10,16H,2,11,18H2,1H3. The zero-order chi connectivity index (χ0) is 13.7. The maximum absolute atomic E-state index is 6.36. The van der Waals surface area contributed by atoms with Gasteiger partial charge in [-0.05, 0) is 52.8 Å². The SMILES string of the molecule is CCCOc1ccccc1C(N)c1ccc(I)cc1. The quantitative estimate of drug-likeness (QED) is 0.807. The van der Waals surface area contributed by atoms with E-state index in [0.717, 1.165) is 29.9 Å². The Morgan fingerprint density at radius 2 is 1.79 bits per heavy atom. The van der Waals surface area contributed by atoms with Crippen LogP contribution in [0.2, 0.25) is 0 Å². The van der Waals surface area contributed by atoms with Gasteiger partial charge < -0.3 is 10.5 Å². The molecule has 19 heavy (non-hydrogen) atoms. The van der Waals surface area contributed by atoms with E-state index in [4.69, 9.17) is 10.5 Å². The van der Waals surface area contributed by atoms with E-state index < -0.39 is 0 Å². The molecule has 0 fully saturated rings. The first-order valence-electron chi connectivity index (χ1n) is 6.45. The van der Waals surface area contributed by atoms with Crippen LogP contribution in [0.5, 0.6) is 5.75 Å². The van der Waals surface area contributed by atoms with E-state index in [9.17, 15) is 0 Å². The Balaban J connectivity index is 2.27. The van der Waals surface area contributed by atoms with Gasteiger partial charge in [0.05, 0.1) is 12.6 Å². The minimum absolute atomic E-state index is 0.148. The van der Waals surface area contributed by atoms with Gasteiger partial charge in [-0.25, -0.2) is 0 Å². The van der Waals surface area contributed by atoms with Crippen LogP contribution in [0.25, 0.3) is 0 Å². The molecule has 0 spiro atoms. The first kappa shape index (κ1) is 14.3. The lowest BCUT2D eigenvalue weighted by molar-refractivity contribution is 0.313. The molecule has 0 saturated heterocycles. The molecule has 0 saturated carbocycles. The highest BCUT2D eigenvalue weighted by molar-refractivity contribution is 14.1. The molecule has 2 N–H and O–H groups in total. The van der Waals surface area contributed by atoms with Crippen molar-refractivity contribution in [3.05, 3.63) is 63.2 Å². The van der Waals surface area contributed by atoms with Crippen LogP contribution in [0, 0.1) is 3.57 Å². The lowest BCUT2D eigenvalue weighted by Gasteiger charge is -2.17. The van der Waals surface area contributed by atoms with Crippen molar-refractivity contribution in [2.75, 3.05) is 6.61 Å². The predicted octanol–water partition coefficient (Wildman–Crippen LogP) is 4.13. The van der Waals surface area contributed by atoms with E-state index in [1.165, 1.54) is 3.57 Å². The van der Waals surface area contributed by atoms with Crippen LogP contribution in [0.3, 0.4) is 0 Å². The summed E-state index contributed by atoms with van der Waals surface area (Å²) in [6.45, 7) is 2.82. The van der Waals surface area contributed by atoms with Gasteiger partial charge in [-0.2, -0.15) is 0 Å². The molecule has 0 heterocycles. The summed E-state index contributed by atoms with van der Waals surface area (Å²) in [6.07, 6.45) is 0.993. The van der Waals surface area contributed by atoms with Crippen molar-refractivity contribution in [3.63, 3.8) is 0 Å². The molecule has 2 aromatic carbocycles. The molecule has 2 aromatic rings. The monoisotopic (exact) mass is 367 g/mol. The zero-order valence-electron chi connectivity index (χ0n) is 11.0. The molecule has 1 atom stereocenters. The van der Waals surface area contributed by atoms with E-state index in [0.29, 0.717) is 0 Å². The van der Waals surface area contributed by atoms with Gasteiger partial charge in [-0.3, -0.25) is 0 Å². The van der Waals surface area contributed by atoms with Crippen molar-refractivity contribution in [2.24, 2.45) is 5.73 Å². The van der Waals surface area contributed by atoms with Crippen molar-refractivity contribution in [2.45, 2.75) is 19.4 Å². The van der Waals surface area contributed by atoms with Gasteiger partial charge in [0.15, 0.2) is 0 Å². The van der Waals surface area contributed by atoms with E-state index in [2.05, 4.69) is 53.8 Å². The Morgan fingerprint density at radius 1 is 1.11 bits per heavy atom. The van der Waals surface area contributed by atoms with Crippen LogP contribution < -0.4 is 10.5 Å². The Kier molecular flexibility index (Phi) is 5.22. The predicted molar refractivity (Wildman–Crippen MR) is 87.4 cm³/mol. The largest absolute Gasteiger partial charge is 0.493 e. The summed E-state index contributed by atoms with van der Waals surface area (Å²) in [7, 11) is 0. The average molecular weight is 367 g/mol. The van der Waals surface area contributed by atoms with Gasteiger partial charge in [-0.15, -0.1) is 0 Å². The van der Waals surface area contributed by atoms with Crippen LogP contribution in [-0.4, -0.2) is 6.61 Å². The van der Waals surface area contributed by atoms with Gasteiger partial charge in [-0.1, -0.05) is 37.3 Å². The molecule has 0 bridgehead atoms. The number of benzene rings is 2. The zero-order valence-corrected chi connectivity index (χ0v) is 13.1. The molecule has 0 aliphatic heterocycles. The first-order chi connectivity index (χ1) is 9.22. The highest BCUT2D eigenvalue weighted by Crippen LogP contribution is 2.28. The van der Waals surface area contributed by atoms with Crippen molar-refractivity contribution in [3.8, 4) is 5.75 Å². The first-order valence-corrected chi connectivity index (χ1v) is 7.53. The lowest BCUT2D eigenvalue weighted by Crippen LogP contribution is -2.13. The number of nitrogens with two attached hydrogens (primary N) is 1. The van der Waals surface area contributed by atoms with E-state index in [-0.39, 0.29) is 6.04 Å². The van der Waals surface area contributed by atoms with Gasteiger partial charge in [0, 0.05) is 9.13 Å². The fourth-order valence-electron chi connectivity index (χ4n) is 1.93. The van der Waals surface area contributed by atoms with Gasteiger partial charge in [0.1, 0.15) is 5.75 Å². The molecular weight excluding hydrogens is 349 g/mol. The summed E-state index contributed by atoms with van der Waals surface area (Å²) in [5.74, 6) is 0.885. The second-order valence-electron chi connectivity index (χ2n) is 4.42. The number of ether oxygens (including phenoxy) is 1. The number of hydrogen-bond acceptors (Lipinski definition) is 2. The Hall–Kier alpha value is -1.07. The summed E-state index contributed by atoms with van der Waals surface area (Å²) >= 11 is 2.29. The molecule has 0 aliphatic carbocycles.